The van der Waals surface area contributed by atoms with E-state index in [9.17, 15) is 0 Å². The summed E-state index contributed by atoms with van der Waals surface area (Å²) in [6, 6.07) is 9.91. The van der Waals surface area contributed by atoms with E-state index in [1.54, 1.807) is 11.3 Å². The molecule has 86 valence electrons. The molecule has 1 aromatic heterocycles. The van der Waals surface area contributed by atoms with Crippen LogP contribution in [-0.2, 0) is 0 Å². The van der Waals surface area contributed by atoms with Crippen LogP contribution in [0.2, 0.25) is 0 Å². The molecule has 0 radical (unpaired) electrons. The van der Waals surface area contributed by atoms with Crippen LogP contribution in [0.4, 0.5) is 5.13 Å². The Morgan fingerprint density at radius 3 is 2.59 bits per heavy atom. The molecule has 0 aliphatic carbocycles. The lowest BCUT2D eigenvalue weighted by atomic mass is 10.1. The molecule has 1 atom stereocenters. The zero-order chi connectivity index (χ0) is 12.3. The first-order chi connectivity index (χ1) is 8.19. The van der Waals surface area contributed by atoms with Crippen molar-refractivity contribution < 1.29 is 0 Å². The second-order valence-electron chi connectivity index (χ2n) is 3.89. The van der Waals surface area contributed by atoms with E-state index in [1.165, 1.54) is 0 Å². The Morgan fingerprint density at radius 1 is 1.35 bits per heavy atom. The first-order valence-electron chi connectivity index (χ1n) is 5.38. The largest absolute Gasteiger partial charge is 0.355 e. The highest BCUT2D eigenvalue weighted by Gasteiger charge is 2.07. The van der Waals surface area contributed by atoms with E-state index in [-0.39, 0.29) is 6.04 Å². The summed E-state index contributed by atoms with van der Waals surface area (Å²) in [6.07, 6.45) is 0. The molecule has 1 aromatic carbocycles. The van der Waals surface area contributed by atoms with Crippen LogP contribution < -0.4 is 5.32 Å². The SMILES string of the molecule is Cc1csc(NC(C)c2ccc(C#N)cc2)n1. The summed E-state index contributed by atoms with van der Waals surface area (Å²) in [5.74, 6) is 0. The molecule has 0 bridgehead atoms. The summed E-state index contributed by atoms with van der Waals surface area (Å²) in [5.41, 5.74) is 2.87. The lowest BCUT2D eigenvalue weighted by molar-refractivity contribution is 0.880. The van der Waals surface area contributed by atoms with Crippen molar-refractivity contribution >= 4 is 16.5 Å². The maximum Gasteiger partial charge on any atom is 0.183 e. The predicted molar refractivity (Wildman–Crippen MR) is 70.0 cm³/mol. The van der Waals surface area contributed by atoms with Gasteiger partial charge in [0.15, 0.2) is 5.13 Å². The Bertz CT molecular complexity index is 537. The van der Waals surface area contributed by atoms with Gasteiger partial charge < -0.3 is 5.32 Å². The normalized spacial score (nSPS) is 11.8. The molecule has 0 saturated heterocycles. The quantitative estimate of drug-likeness (QED) is 0.897. The molecular weight excluding hydrogens is 230 g/mol. The number of nitrogens with one attached hydrogen (secondary N) is 1. The molecule has 0 spiro atoms. The fourth-order valence-electron chi connectivity index (χ4n) is 1.54. The Balaban J connectivity index is 2.09. The molecule has 0 saturated carbocycles. The van der Waals surface area contributed by atoms with Gasteiger partial charge >= 0.3 is 0 Å². The molecule has 0 aliphatic heterocycles. The molecule has 1 heterocycles. The predicted octanol–water partition coefficient (Wildman–Crippen LogP) is 3.50. The highest BCUT2D eigenvalue weighted by Crippen LogP contribution is 2.22. The van der Waals surface area contributed by atoms with Crippen LogP contribution in [0.1, 0.15) is 29.8 Å². The minimum Gasteiger partial charge on any atom is -0.355 e. The number of hydrogen-bond acceptors (Lipinski definition) is 4. The van der Waals surface area contributed by atoms with Crippen LogP contribution in [0.25, 0.3) is 0 Å². The zero-order valence-electron chi connectivity index (χ0n) is 9.77. The first kappa shape index (κ1) is 11.6. The smallest absolute Gasteiger partial charge is 0.183 e. The number of rotatable bonds is 3. The number of aromatic nitrogens is 1. The third-order valence-corrected chi connectivity index (χ3v) is 3.39. The van der Waals surface area contributed by atoms with E-state index in [4.69, 9.17) is 5.26 Å². The number of hydrogen-bond donors (Lipinski definition) is 1. The van der Waals surface area contributed by atoms with Gasteiger partial charge in [0.2, 0.25) is 0 Å². The van der Waals surface area contributed by atoms with E-state index in [0.717, 1.165) is 16.4 Å². The lowest BCUT2D eigenvalue weighted by Crippen LogP contribution is -2.06. The number of benzene rings is 1. The second kappa shape index (κ2) is 4.98. The summed E-state index contributed by atoms with van der Waals surface area (Å²) in [6.45, 7) is 4.06. The number of aryl methyl sites for hydroxylation is 1. The Hall–Kier alpha value is -1.86. The molecule has 2 aromatic rings. The standard InChI is InChI=1S/C13H13N3S/c1-9-8-17-13(15-9)16-10(2)12-5-3-11(7-14)4-6-12/h3-6,8,10H,1-2H3,(H,15,16). The van der Waals surface area contributed by atoms with Crippen molar-refractivity contribution in [2.75, 3.05) is 5.32 Å². The van der Waals surface area contributed by atoms with Crippen molar-refractivity contribution in [2.24, 2.45) is 0 Å². The fourth-order valence-corrected chi connectivity index (χ4v) is 2.31. The topological polar surface area (TPSA) is 48.7 Å². The van der Waals surface area contributed by atoms with Gasteiger partial charge in [-0.3, -0.25) is 0 Å². The first-order valence-corrected chi connectivity index (χ1v) is 6.26. The molecule has 0 aliphatic rings. The monoisotopic (exact) mass is 243 g/mol. The van der Waals surface area contributed by atoms with Gasteiger partial charge in [0.25, 0.3) is 0 Å². The summed E-state index contributed by atoms with van der Waals surface area (Å²) >= 11 is 1.61. The van der Waals surface area contributed by atoms with Crippen LogP contribution in [-0.4, -0.2) is 4.98 Å². The van der Waals surface area contributed by atoms with E-state index >= 15 is 0 Å². The third-order valence-electron chi connectivity index (χ3n) is 2.50. The zero-order valence-corrected chi connectivity index (χ0v) is 10.6. The number of thiazole rings is 1. The van der Waals surface area contributed by atoms with Crippen molar-refractivity contribution in [3.05, 3.63) is 46.5 Å². The third kappa shape index (κ3) is 2.83. The van der Waals surface area contributed by atoms with Gasteiger partial charge in [-0.2, -0.15) is 5.26 Å². The maximum atomic E-state index is 8.73. The van der Waals surface area contributed by atoms with Gasteiger partial charge in [-0.05, 0) is 31.5 Å². The summed E-state index contributed by atoms with van der Waals surface area (Å²) in [7, 11) is 0. The van der Waals surface area contributed by atoms with Crippen LogP contribution in [0.3, 0.4) is 0 Å². The molecule has 2 rings (SSSR count). The minimum absolute atomic E-state index is 0.188. The van der Waals surface area contributed by atoms with Crippen molar-refractivity contribution in [1.29, 1.82) is 5.26 Å². The highest BCUT2D eigenvalue weighted by atomic mass is 32.1. The molecular formula is C13H13N3S. The van der Waals surface area contributed by atoms with E-state index in [2.05, 4.69) is 23.3 Å². The number of nitriles is 1. The van der Waals surface area contributed by atoms with Gasteiger partial charge in [-0.15, -0.1) is 11.3 Å². The number of anilines is 1. The molecule has 0 fully saturated rings. The molecule has 3 nitrogen and oxygen atoms in total. The van der Waals surface area contributed by atoms with Crippen LogP contribution >= 0.6 is 11.3 Å². The Morgan fingerprint density at radius 2 is 2.06 bits per heavy atom. The molecule has 1 unspecified atom stereocenters. The maximum absolute atomic E-state index is 8.73. The van der Waals surface area contributed by atoms with Crippen molar-refractivity contribution in [1.82, 2.24) is 4.98 Å². The van der Waals surface area contributed by atoms with E-state index in [1.807, 2.05) is 36.6 Å². The van der Waals surface area contributed by atoms with Crippen molar-refractivity contribution in [3.63, 3.8) is 0 Å². The van der Waals surface area contributed by atoms with E-state index < -0.39 is 0 Å². The molecule has 4 heteroatoms. The van der Waals surface area contributed by atoms with E-state index in [0.29, 0.717) is 5.56 Å². The van der Waals surface area contributed by atoms with Crippen molar-refractivity contribution in [3.8, 4) is 6.07 Å². The lowest BCUT2D eigenvalue weighted by Gasteiger charge is -2.13. The second-order valence-corrected chi connectivity index (χ2v) is 4.75. The summed E-state index contributed by atoms with van der Waals surface area (Å²) in [5, 5.41) is 15.0. The average Bonchev–Trinajstić information content (AvgIpc) is 2.75. The minimum atomic E-state index is 0.188. The van der Waals surface area contributed by atoms with Gasteiger partial charge in [0.1, 0.15) is 0 Å². The molecule has 1 N–H and O–H groups in total. The number of nitrogens with zero attached hydrogens (tertiary/aromatic N) is 2. The van der Waals surface area contributed by atoms with Crippen molar-refractivity contribution in [2.45, 2.75) is 19.9 Å². The van der Waals surface area contributed by atoms with Crippen LogP contribution in [0.15, 0.2) is 29.6 Å². The highest BCUT2D eigenvalue weighted by molar-refractivity contribution is 7.13. The van der Waals surface area contributed by atoms with Gasteiger partial charge in [-0.25, -0.2) is 4.98 Å². The Kier molecular flexibility index (Phi) is 3.40. The molecule has 17 heavy (non-hydrogen) atoms. The van der Waals surface area contributed by atoms with Crippen LogP contribution in [0, 0.1) is 18.3 Å². The van der Waals surface area contributed by atoms with Gasteiger partial charge in [0.05, 0.1) is 23.4 Å². The fraction of sp³-hybridized carbons (Fsp3) is 0.231. The summed E-state index contributed by atoms with van der Waals surface area (Å²) < 4.78 is 0. The summed E-state index contributed by atoms with van der Waals surface area (Å²) in [4.78, 5) is 4.36. The van der Waals surface area contributed by atoms with Gasteiger partial charge in [0, 0.05) is 5.38 Å². The molecule has 0 amide bonds. The van der Waals surface area contributed by atoms with Crippen LogP contribution in [0.5, 0.6) is 0 Å². The average molecular weight is 243 g/mol. The van der Waals surface area contributed by atoms with Gasteiger partial charge in [-0.1, -0.05) is 12.1 Å². The Labute approximate surface area is 105 Å².